The zero-order valence-electron chi connectivity index (χ0n) is 22.0. The number of carbonyl (C=O) groups excluding carboxylic acids is 2. The molecule has 2 aliphatic rings. The van der Waals surface area contributed by atoms with Crippen LogP contribution in [-0.4, -0.2) is 57.1 Å². The average molecular weight is 574 g/mol. The summed E-state index contributed by atoms with van der Waals surface area (Å²) < 4.78 is 37.1. The Morgan fingerprint density at radius 2 is 1.77 bits per heavy atom. The molecule has 0 spiro atoms. The minimum absolute atomic E-state index is 0.0720. The van der Waals surface area contributed by atoms with Gasteiger partial charge in [-0.2, -0.15) is 0 Å². The molecule has 0 unspecified atom stereocenters. The molecule has 3 rings (SSSR count). The summed E-state index contributed by atoms with van der Waals surface area (Å²) in [5.74, 6) is -1.20. The predicted molar refractivity (Wildman–Crippen MR) is 136 cm³/mol. The van der Waals surface area contributed by atoms with Crippen LogP contribution in [0.4, 0.5) is 0 Å². The van der Waals surface area contributed by atoms with Gasteiger partial charge in [-0.15, -0.1) is 0 Å². The molecule has 2 heterocycles. The second-order valence-electron chi connectivity index (χ2n) is 11.1. The van der Waals surface area contributed by atoms with Crippen molar-refractivity contribution in [2.45, 2.75) is 103 Å². The van der Waals surface area contributed by atoms with Gasteiger partial charge in [0.25, 0.3) is 0 Å². The van der Waals surface area contributed by atoms with Crippen LogP contribution in [0.1, 0.15) is 60.1 Å². The van der Waals surface area contributed by atoms with Crippen LogP contribution in [-0.2, 0) is 33.0 Å². The van der Waals surface area contributed by atoms with E-state index in [1.54, 1.807) is 18.2 Å². The van der Waals surface area contributed by atoms with Crippen LogP contribution in [0, 0.1) is 0 Å². The highest BCUT2D eigenvalue weighted by Gasteiger charge is 2.56. The summed E-state index contributed by atoms with van der Waals surface area (Å²) in [7, 11) is -2.29. The molecule has 8 nitrogen and oxygen atoms in total. The summed E-state index contributed by atoms with van der Waals surface area (Å²) in [6.07, 6.45) is -2.79. The lowest BCUT2D eigenvalue weighted by Gasteiger charge is -2.41. The minimum Gasteiger partial charge on any atom is -0.457 e. The van der Waals surface area contributed by atoms with E-state index in [0.29, 0.717) is 16.8 Å². The van der Waals surface area contributed by atoms with E-state index in [-0.39, 0.29) is 5.04 Å². The number of hydrogen-bond acceptors (Lipinski definition) is 8. The van der Waals surface area contributed by atoms with E-state index >= 15 is 0 Å². The summed E-state index contributed by atoms with van der Waals surface area (Å²) in [6.45, 7) is 17.6. The second kappa shape index (κ2) is 10.2. The van der Waals surface area contributed by atoms with Crippen molar-refractivity contribution in [1.82, 2.24) is 0 Å². The normalized spacial score (nSPS) is 28.7. The number of esters is 2. The Labute approximate surface area is 217 Å². The first-order valence-corrected chi connectivity index (χ1v) is 15.5. The van der Waals surface area contributed by atoms with Crippen LogP contribution in [0.5, 0.6) is 5.75 Å². The molecule has 10 heteroatoms. The van der Waals surface area contributed by atoms with Crippen molar-refractivity contribution in [2.75, 3.05) is 6.61 Å². The molecule has 2 saturated heterocycles. The lowest BCUT2D eigenvalue weighted by molar-refractivity contribution is -0.161. The quantitative estimate of drug-likeness (QED) is 0.258. The van der Waals surface area contributed by atoms with Crippen molar-refractivity contribution in [3.8, 4) is 5.75 Å². The highest BCUT2D eigenvalue weighted by atomic mass is 79.9. The zero-order chi connectivity index (χ0) is 26.3. The lowest BCUT2D eigenvalue weighted by Crippen LogP contribution is -2.52. The van der Waals surface area contributed by atoms with E-state index in [1.165, 1.54) is 13.8 Å². The molecule has 0 amide bonds. The summed E-state index contributed by atoms with van der Waals surface area (Å²) >= 11 is 3.47. The van der Waals surface area contributed by atoms with Gasteiger partial charge in [-0.25, -0.2) is 0 Å². The summed E-state index contributed by atoms with van der Waals surface area (Å²) in [4.78, 5) is 23.6. The molecule has 1 aromatic carbocycles. The molecule has 1 aromatic rings. The fourth-order valence-electron chi connectivity index (χ4n) is 4.03. The Morgan fingerprint density at radius 3 is 2.26 bits per heavy atom. The van der Waals surface area contributed by atoms with Crippen LogP contribution in [0.3, 0.4) is 0 Å². The molecule has 0 aromatic heterocycles. The lowest BCUT2D eigenvalue weighted by atomic mass is 9.99. The monoisotopic (exact) mass is 572 g/mol. The van der Waals surface area contributed by atoms with Crippen LogP contribution >= 0.6 is 15.9 Å². The third-order valence-electron chi connectivity index (χ3n) is 6.72. The number of rotatable bonds is 6. The Hall–Kier alpha value is -1.30. The van der Waals surface area contributed by atoms with E-state index < -0.39 is 56.6 Å². The smallest absolute Gasteiger partial charge is 0.308 e. The zero-order valence-corrected chi connectivity index (χ0v) is 24.6. The van der Waals surface area contributed by atoms with Gasteiger partial charge in [-0.3, -0.25) is 9.59 Å². The number of benzene rings is 1. The van der Waals surface area contributed by atoms with Crippen LogP contribution in [0.15, 0.2) is 22.7 Å². The fourth-order valence-corrected chi connectivity index (χ4v) is 5.81. The maximum absolute atomic E-state index is 12.2. The molecule has 0 bridgehead atoms. The Bertz CT molecular complexity index is 957. The molecule has 2 fully saturated rings. The van der Waals surface area contributed by atoms with Gasteiger partial charge in [0, 0.05) is 13.8 Å². The highest BCUT2D eigenvalue weighted by Crippen LogP contribution is 2.46. The van der Waals surface area contributed by atoms with E-state index in [4.69, 9.17) is 28.1 Å². The SMILES string of the molecule is CC(=O)Oc1ccc([C@@H]2O[C@H]([C@H]3COC(C)(C)O3)[C@H](O[Si](C)(C)C(C)(C)C)[C@H]2OC(C)=O)cc1Br. The van der Waals surface area contributed by atoms with Gasteiger partial charge in [0.15, 0.2) is 20.2 Å². The van der Waals surface area contributed by atoms with Crippen molar-refractivity contribution < 1.29 is 37.7 Å². The standard InChI is InChI=1S/C25H37BrO8Si/c1-14(27)30-18-11-10-16(12-17(18)26)20-22(31-15(2)28)23(34-35(8,9)24(3,4)5)21(32-20)19-13-29-25(6,7)33-19/h10-12,19-23H,13H2,1-9H3/t19-,20+,21-,22+,23+/m1/s1. The Kier molecular flexibility index (Phi) is 8.25. The van der Waals surface area contributed by atoms with Gasteiger partial charge in [0.2, 0.25) is 0 Å². The van der Waals surface area contributed by atoms with Crippen molar-refractivity contribution in [3.05, 3.63) is 28.2 Å². The van der Waals surface area contributed by atoms with Crippen LogP contribution in [0.2, 0.25) is 18.1 Å². The van der Waals surface area contributed by atoms with Gasteiger partial charge in [-0.1, -0.05) is 26.8 Å². The molecule has 0 N–H and O–H groups in total. The van der Waals surface area contributed by atoms with Crippen molar-refractivity contribution in [1.29, 1.82) is 0 Å². The average Bonchev–Trinajstić information content (AvgIpc) is 3.21. The van der Waals surface area contributed by atoms with Crippen LogP contribution < -0.4 is 4.74 Å². The summed E-state index contributed by atoms with van der Waals surface area (Å²) in [6, 6.07) is 5.29. The van der Waals surface area contributed by atoms with Crippen molar-refractivity contribution in [2.24, 2.45) is 0 Å². The van der Waals surface area contributed by atoms with Crippen molar-refractivity contribution in [3.63, 3.8) is 0 Å². The molecule has 0 saturated carbocycles. The maximum atomic E-state index is 12.2. The largest absolute Gasteiger partial charge is 0.457 e. The van der Waals surface area contributed by atoms with Gasteiger partial charge in [0.05, 0.1) is 11.1 Å². The molecular formula is C25H37BrO8Si. The molecule has 196 valence electrons. The van der Waals surface area contributed by atoms with Gasteiger partial charge in [-0.05, 0) is 65.6 Å². The second-order valence-corrected chi connectivity index (χ2v) is 16.7. The third kappa shape index (κ3) is 6.53. The summed E-state index contributed by atoms with van der Waals surface area (Å²) in [5, 5.41) is -0.0720. The first kappa shape index (κ1) is 28.3. The number of halogens is 1. The van der Waals surface area contributed by atoms with Crippen LogP contribution in [0.25, 0.3) is 0 Å². The molecule has 0 radical (unpaired) electrons. The number of hydrogen-bond donors (Lipinski definition) is 0. The topological polar surface area (TPSA) is 89.5 Å². The van der Waals surface area contributed by atoms with Crippen molar-refractivity contribution >= 4 is 36.2 Å². The Balaban J connectivity index is 2.02. The van der Waals surface area contributed by atoms with Gasteiger partial charge >= 0.3 is 11.9 Å². The number of ether oxygens (including phenoxy) is 5. The maximum Gasteiger partial charge on any atom is 0.308 e. The molecule has 5 atom stereocenters. The molecule has 0 aliphatic carbocycles. The van der Waals surface area contributed by atoms with Gasteiger partial charge < -0.3 is 28.1 Å². The minimum atomic E-state index is -2.29. The van der Waals surface area contributed by atoms with E-state index in [9.17, 15) is 9.59 Å². The van der Waals surface area contributed by atoms with E-state index in [1.807, 2.05) is 13.8 Å². The first-order valence-electron chi connectivity index (χ1n) is 11.8. The van der Waals surface area contributed by atoms with E-state index in [2.05, 4.69) is 49.8 Å². The molecule has 2 aliphatic heterocycles. The third-order valence-corrected chi connectivity index (χ3v) is 11.8. The Morgan fingerprint density at radius 1 is 1.11 bits per heavy atom. The highest BCUT2D eigenvalue weighted by molar-refractivity contribution is 9.10. The molecular weight excluding hydrogens is 536 g/mol. The fraction of sp³-hybridized carbons (Fsp3) is 0.680. The van der Waals surface area contributed by atoms with Gasteiger partial charge in [0.1, 0.15) is 30.2 Å². The first-order chi connectivity index (χ1) is 16.0. The molecule has 35 heavy (non-hydrogen) atoms. The number of carbonyl (C=O) groups is 2. The van der Waals surface area contributed by atoms with E-state index in [0.717, 1.165) is 5.56 Å². The summed E-state index contributed by atoms with van der Waals surface area (Å²) in [5.41, 5.74) is 0.753. The predicted octanol–water partition coefficient (Wildman–Crippen LogP) is 5.29.